The Labute approximate surface area is 142 Å². The maximum absolute atomic E-state index is 12.7. The zero-order valence-electron chi connectivity index (χ0n) is 13.5. The Morgan fingerprint density at radius 2 is 2.09 bits per heavy atom. The number of amides is 2. The van der Waals surface area contributed by atoms with Crippen molar-refractivity contribution in [2.24, 2.45) is 11.8 Å². The minimum absolute atomic E-state index is 0.0494. The minimum atomic E-state index is -0.199. The Kier molecular flexibility index (Phi) is 4.90. The van der Waals surface area contributed by atoms with E-state index in [9.17, 15) is 9.59 Å². The highest BCUT2D eigenvalue weighted by Crippen LogP contribution is 2.26. The molecule has 4 nitrogen and oxygen atoms in total. The van der Waals surface area contributed by atoms with Crippen LogP contribution in [-0.4, -0.2) is 41.2 Å². The van der Waals surface area contributed by atoms with Crippen LogP contribution in [0.5, 0.6) is 0 Å². The van der Waals surface area contributed by atoms with Crippen molar-refractivity contribution < 1.29 is 9.59 Å². The smallest absolute Gasteiger partial charge is 0.228 e. The van der Waals surface area contributed by atoms with Gasteiger partial charge in [0.2, 0.25) is 11.8 Å². The molecule has 2 saturated heterocycles. The van der Waals surface area contributed by atoms with Crippen LogP contribution in [0.15, 0.2) is 24.3 Å². The molecular weight excluding hydrogens is 312 g/mol. The molecule has 2 aliphatic rings. The van der Waals surface area contributed by atoms with E-state index >= 15 is 0 Å². The van der Waals surface area contributed by atoms with Gasteiger partial charge in [-0.1, -0.05) is 36.7 Å². The molecule has 2 unspecified atom stereocenters. The van der Waals surface area contributed by atoms with Crippen molar-refractivity contribution in [2.45, 2.75) is 32.7 Å². The monoisotopic (exact) mass is 334 g/mol. The Bertz CT molecular complexity index is 604. The van der Waals surface area contributed by atoms with Gasteiger partial charge < -0.3 is 9.80 Å². The van der Waals surface area contributed by atoms with Crippen molar-refractivity contribution in [2.75, 3.05) is 19.6 Å². The molecule has 0 radical (unpaired) electrons. The highest BCUT2D eigenvalue weighted by Gasteiger charge is 2.37. The number of hydrogen-bond donors (Lipinski definition) is 0. The summed E-state index contributed by atoms with van der Waals surface area (Å²) < 4.78 is 0. The lowest BCUT2D eigenvalue weighted by atomic mass is 9.98. The largest absolute Gasteiger partial charge is 0.342 e. The van der Waals surface area contributed by atoms with Gasteiger partial charge in [-0.05, 0) is 30.4 Å². The average Bonchev–Trinajstić information content (AvgIpc) is 2.90. The van der Waals surface area contributed by atoms with Crippen LogP contribution in [0.1, 0.15) is 31.7 Å². The molecule has 1 aromatic carbocycles. The number of halogens is 1. The fourth-order valence-electron chi connectivity index (χ4n) is 3.57. The van der Waals surface area contributed by atoms with Crippen LogP contribution >= 0.6 is 11.6 Å². The van der Waals surface area contributed by atoms with Crippen LogP contribution in [-0.2, 0) is 16.1 Å². The SMILES string of the molecule is CC1CCCN(C(=O)C2CC(=O)N(Cc3ccccc3Cl)C2)C1. The number of carbonyl (C=O) groups excluding carboxylic acids is 2. The molecule has 0 aromatic heterocycles. The predicted octanol–water partition coefficient (Wildman–Crippen LogP) is 2.95. The van der Waals surface area contributed by atoms with Crippen LogP contribution < -0.4 is 0 Å². The number of rotatable bonds is 3. The summed E-state index contributed by atoms with van der Waals surface area (Å²) in [4.78, 5) is 28.7. The summed E-state index contributed by atoms with van der Waals surface area (Å²) in [5.41, 5.74) is 0.933. The molecular formula is C18H23ClN2O2. The normalized spacial score (nSPS) is 25.0. The van der Waals surface area contributed by atoms with Crippen LogP contribution in [0.2, 0.25) is 5.02 Å². The van der Waals surface area contributed by atoms with E-state index in [1.165, 1.54) is 6.42 Å². The van der Waals surface area contributed by atoms with Crippen molar-refractivity contribution in [3.05, 3.63) is 34.9 Å². The minimum Gasteiger partial charge on any atom is -0.342 e. The summed E-state index contributed by atoms with van der Waals surface area (Å²) >= 11 is 6.17. The van der Waals surface area contributed by atoms with Gasteiger partial charge >= 0.3 is 0 Å². The molecule has 0 N–H and O–H groups in total. The molecule has 2 amide bonds. The van der Waals surface area contributed by atoms with Gasteiger partial charge in [0, 0.05) is 37.6 Å². The van der Waals surface area contributed by atoms with E-state index in [2.05, 4.69) is 6.92 Å². The second kappa shape index (κ2) is 6.91. The Morgan fingerprint density at radius 3 is 2.83 bits per heavy atom. The summed E-state index contributed by atoms with van der Waals surface area (Å²) in [6.07, 6.45) is 2.58. The van der Waals surface area contributed by atoms with Crippen molar-refractivity contribution in [1.29, 1.82) is 0 Å². The van der Waals surface area contributed by atoms with E-state index < -0.39 is 0 Å². The average molecular weight is 335 g/mol. The standard InChI is InChI=1S/C18H23ClN2O2/c1-13-5-4-8-20(10-13)18(23)15-9-17(22)21(12-15)11-14-6-2-3-7-16(14)19/h2-3,6-7,13,15H,4-5,8-12H2,1H3. The summed E-state index contributed by atoms with van der Waals surface area (Å²) in [6.45, 7) is 4.84. The summed E-state index contributed by atoms with van der Waals surface area (Å²) in [5.74, 6) is 0.555. The van der Waals surface area contributed by atoms with Gasteiger partial charge in [-0.25, -0.2) is 0 Å². The lowest BCUT2D eigenvalue weighted by Gasteiger charge is -2.32. The molecule has 23 heavy (non-hydrogen) atoms. The fourth-order valence-corrected chi connectivity index (χ4v) is 3.77. The summed E-state index contributed by atoms with van der Waals surface area (Å²) in [7, 11) is 0. The number of hydrogen-bond acceptors (Lipinski definition) is 2. The van der Waals surface area contributed by atoms with Crippen LogP contribution in [0, 0.1) is 11.8 Å². The van der Waals surface area contributed by atoms with Gasteiger partial charge in [0.15, 0.2) is 0 Å². The Morgan fingerprint density at radius 1 is 1.30 bits per heavy atom. The molecule has 2 atom stereocenters. The molecule has 0 spiro atoms. The van der Waals surface area contributed by atoms with E-state index in [0.29, 0.717) is 30.5 Å². The quantitative estimate of drug-likeness (QED) is 0.852. The third-order valence-electron chi connectivity index (χ3n) is 4.85. The maximum Gasteiger partial charge on any atom is 0.228 e. The molecule has 124 valence electrons. The zero-order chi connectivity index (χ0) is 16.4. The van der Waals surface area contributed by atoms with Crippen molar-refractivity contribution in [3.63, 3.8) is 0 Å². The Balaban J connectivity index is 1.63. The number of piperidine rings is 1. The van der Waals surface area contributed by atoms with Gasteiger partial charge in [0.1, 0.15) is 0 Å². The van der Waals surface area contributed by atoms with Crippen molar-refractivity contribution >= 4 is 23.4 Å². The number of benzene rings is 1. The summed E-state index contributed by atoms with van der Waals surface area (Å²) in [6, 6.07) is 7.55. The molecule has 1 aromatic rings. The summed E-state index contributed by atoms with van der Waals surface area (Å²) in [5, 5.41) is 0.667. The maximum atomic E-state index is 12.7. The number of nitrogens with zero attached hydrogens (tertiary/aromatic N) is 2. The van der Waals surface area contributed by atoms with Crippen LogP contribution in [0.25, 0.3) is 0 Å². The van der Waals surface area contributed by atoms with Gasteiger partial charge in [-0.15, -0.1) is 0 Å². The van der Waals surface area contributed by atoms with Crippen LogP contribution in [0.3, 0.4) is 0 Å². The molecule has 2 fully saturated rings. The molecule has 5 heteroatoms. The second-order valence-electron chi connectivity index (χ2n) is 6.80. The van der Waals surface area contributed by atoms with Gasteiger partial charge in [-0.2, -0.15) is 0 Å². The molecule has 0 saturated carbocycles. The first kappa shape index (κ1) is 16.3. The van der Waals surface area contributed by atoms with Crippen molar-refractivity contribution in [3.8, 4) is 0 Å². The first-order chi connectivity index (χ1) is 11.0. The second-order valence-corrected chi connectivity index (χ2v) is 7.21. The van der Waals surface area contributed by atoms with Crippen molar-refractivity contribution in [1.82, 2.24) is 9.80 Å². The van der Waals surface area contributed by atoms with E-state index in [0.717, 1.165) is 25.1 Å². The molecule has 0 bridgehead atoms. The topological polar surface area (TPSA) is 40.6 Å². The third-order valence-corrected chi connectivity index (χ3v) is 5.22. The van der Waals surface area contributed by atoms with Gasteiger partial charge in [0.25, 0.3) is 0 Å². The van der Waals surface area contributed by atoms with E-state index in [-0.39, 0.29) is 17.7 Å². The number of carbonyl (C=O) groups is 2. The third kappa shape index (κ3) is 3.69. The van der Waals surface area contributed by atoms with E-state index in [4.69, 9.17) is 11.6 Å². The van der Waals surface area contributed by atoms with E-state index in [1.807, 2.05) is 29.2 Å². The Hall–Kier alpha value is -1.55. The molecule has 0 aliphatic carbocycles. The lowest BCUT2D eigenvalue weighted by molar-refractivity contribution is -0.137. The highest BCUT2D eigenvalue weighted by molar-refractivity contribution is 6.31. The first-order valence-electron chi connectivity index (χ1n) is 8.34. The first-order valence-corrected chi connectivity index (χ1v) is 8.72. The van der Waals surface area contributed by atoms with Gasteiger partial charge in [-0.3, -0.25) is 9.59 Å². The zero-order valence-corrected chi connectivity index (χ0v) is 14.3. The fraction of sp³-hybridized carbons (Fsp3) is 0.556. The highest BCUT2D eigenvalue weighted by atomic mass is 35.5. The van der Waals surface area contributed by atoms with E-state index in [1.54, 1.807) is 4.90 Å². The van der Waals surface area contributed by atoms with Gasteiger partial charge in [0.05, 0.1) is 5.92 Å². The molecule has 3 rings (SSSR count). The molecule has 2 aliphatic heterocycles. The lowest BCUT2D eigenvalue weighted by Crippen LogP contribution is -2.43. The van der Waals surface area contributed by atoms with Crippen LogP contribution in [0.4, 0.5) is 0 Å². The molecule has 2 heterocycles. The predicted molar refractivity (Wildman–Crippen MR) is 90.0 cm³/mol. The number of likely N-dealkylation sites (tertiary alicyclic amines) is 2.